The van der Waals surface area contributed by atoms with Crippen LogP contribution in [0.1, 0.15) is 17.2 Å². The van der Waals surface area contributed by atoms with Crippen molar-refractivity contribution in [3.05, 3.63) is 62.8 Å². The average Bonchev–Trinajstić information content (AvgIpc) is 2.43. The smallest absolute Gasteiger partial charge is 0.142 e. The Kier molecular flexibility index (Phi) is 4.99. The number of nitrogens with two attached hydrogens (primary N) is 2. The third-order valence-electron chi connectivity index (χ3n) is 3.08. The van der Waals surface area contributed by atoms with E-state index in [9.17, 15) is 4.39 Å². The molecule has 0 aromatic heterocycles. The second-order valence-corrected chi connectivity index (χ2v) is 5.70. The van der Waals surface area contributed by atoms with Crippen LogP contribution in [-0.2, 0) is 6.42 Å². The summed E-state index contributed by atoms with van der Waals surface area (Å²) in [5.74, 6) is 5.16. The molecule has 1 atom stereocenters. The van der Waals surface area contributed by atoms with Gasteiger partial charge in [-0.1, -0.05) is 39.7 Å². The molecule has 2 rings (SSSR count). The SMILES string of the molecule is NNC(Cc1cccc(F)c1Cl)c1cc(Br)ccc1N. The number of rotatable bonds is 4. The first-order valence-corrected chi connectivity index (χ1v) is 7.14. The van der Waals surface area contributed by atoms with Crippen molar-refractivity contribution in [2.75, 3.05) is 5.73 Å². The third kappa shape index (κ3) is 3.30. The van der Waals surface area contributed by atoms with E-state index in [1.54, 1.807) is 18.2 Å². The molecule has 2 aromatic rings. The number of anilines is 1. The van der Waals surface area contributed by atoms with Gasteiger partial charge in [0.2, 0.25) is 0 Å². The Balaban J connectivity index is 2.34. The van der Waals surface area contributed by atoms with E-state index < -0.39 is 5.82 Å². The lowest BCUT2D eigenvalue weighted by atomic mass is 9.98. The summed E-state index contributed by atoms with van der Waals surface area (Å²) in [5, 5.41) is 0.112. The molecule has 0 fully saturated rings. The maximum atomic E-state index is 13.5. The number of nitrogens with one attached hydrogen (secondary N) is 1. The number of benzene rings is 2. The fourth-order valence-corrected chi connectivity index (χ4v) is 2.61. The Morgan fingerprint density at radius 2 is 2.05 bits per heavy atom. The molecule has 2 aromatic carbocycles. The van der Waals surface area contributed by atoms with Crippen molar-refractivity contribution in [3.8, 4) is 0 Å². The lowest BCUT2D eigenvalue weighted by Crippen LogP contribution is -2.30. The zero-order chi connectivity index (χ0) is 14.7. The van der Waals surface area contributed by atoms with E-state index >= 15 is 0 Å². The Hall–Kier alpha value is -1.14. The van der Waals surface area contributed by atoms with Gasteiger partial charge in [-0.25, -0.2) is 4.39 Å². The van der Waals surface area contributed by atoms with Gasteiger partial charge < -0.3 is 5.73 Å². The van der Waals surface area contributed by atoms with E-state index in [2.05, 4.69) is 21.4 Å². The first-order valence-electron chi connectivity index (χ1n) is 5.97. The predicted octanol–water partition coefficient (Wildman–Crippen LogP) is 3.57. The number of nitrogen functional groups attached to an aromatic ring is 1. The van der Waals surface area contributed by atoms with E-state index in [1.807, 2.05) is 12.1 Å². The molecule has 3 nitrogen and oxygen atoms in total. The highest BCUT2D eigenvalue weighted by Crippen LogP contribution is 2.29. The van der Waals surface area contributed by atoms with Gasteiger partial charge in [-0.2, -0.15) is 0 Å². The fourth-order valence-electron chi connectivity index (χ4n) is 2.03. The molecular formula is C14H14BrClFN3. The molecule has 0 saturated heterocycles. The second-order valence-electron chi connectivity index (χ2n) is 4.41. The summed E-state index contributed by atoms with van der Waals surface area (Å²) in [4.78, 5) is 0. The highest BCUT2D eigenvalue weighted by atomic mass is 79.9. The minimum atomic E-state index is -0.442. The molecule has 0 aliphatic rings. The van der Waals surface area contributed by atoms with Crippen LogP contribution in [0.25, 0.3) is 0 Å². The first-order chi connectivity index (χ1) is 9.52. The zero-order valence-electron chi connectivity index (χ0n) is 10.5. The van der Waals surface area contributed by atoms with E-state index in [1.165, 1.54) is 6.07 Å². The highest BCUT2D eigenvalue weighted by molar-refractivity contribution is 9.10. The molecule has 0 heterocycles. The van der Waals surface area contributed by atoms with Crippen molar-refractivity contribution in [1.82, 2.24) is 5.43 Å². The van der Waals surface area contributed by atoms with Gasteiger partial charge in [0, 0.05) is 10.2 Å². The minimum Gasteiger partial charge on any atom is -0.398 e. The standard InChI is InChI=1S/C14H14BrClFN3/c15-9-4-5-12(18)10(7-9)13(20-19)6-8-2-1-3-11(17)14(8)16/h1-5,7,13,20H,6,18-19H2. The van der Waals surface area contributed by atoms with Gasteiger partial charge in [0.1, 0.15) is 5.82 Å². The van der Waals surface area contributed by atoms with Crippen molar-refractivity contribution in [2.45, 2.75) is 12.5 Å². The van der Waals surface area contributed by atoms with Crippen LogP contribution in [0, 0.1) is 5.82 Å². The van der Waals surface area contributed by atoms with Gasteiger partial charge in [0.05, 0.1) is 11.1 Å². The molecule has 6 heteroatoms. The van der Waals surface area contributed by atoms with E-state index in [0.717, 1.165) is 10.0 Å². The van der Waals surface area contributed by atoms with Crippen LogP contribution in [0.3, 0.4) is 0 Å². The van der Waals surface area contributed by atoms with E-state index in [0.29, 0.717) is 17.7 Å². The molecule has 0 spiro atoms. The number of halogens is 3. The topological polar surface area (TPSA) is 64.1 Å². The van der Waals surface area contributed by atoms with Crippen LogP contribution in [-0.4, -0.2) is 0 Å². The summed E-state index contributed by atoms with van der Waals surface area (Å²) in [6, 6.07) is 9.97. The van der Waals surface area contributed by atoms with Crippen molar-refractivity contribution < 1.29 is 4.39 Å². The largest absolute Gasteiger partial charge is 0.398 e. The molecule has 0 saturated carbocycles. The Morgan fingerprint density at radius 3 is 2.75 bits per heavy atom. The number of hydrazine groups is 1. The summed E-state index contributed by atoms with van der Waals surface area (Å²) in [5.41, 5.74) is 10.8. The molecule has 106 valence electrons. The zero-order valence-corrected chi connectivity index (χ0v) is 12.9. The molecule has 0 aliphatic heterocycles. The maximum Gasteiger partial charge on any atom is 0.142 e. The lowest BCUT2D eigenvalue weighted by molar-refractivity contribution is 0.550. The minimum absolute atomic E-state index is 0.112. The quantitative estimate of drug-likeness (QED) is 0.445. The van der Waals surface area contributed by atoms with Gasteiger partial charge in [-0.05, 0) is 41.8 Å². The summed E-state index contributed by atoms with van der Waals surface area (Å²) >= 11 is 9.36. The summed E-state index contributed by atoms with van der Waals surface area (Å²) < 4.78 is 14.4. The molecular weight excluding hydrogens is 345 g/mol. The van der Waals surface area contributed by atoms with Gasteiger partial charge >= 0.3 is 0 Å². The van der Waals surface area contributed by atoms with Gasteiger partial charge in [0.15, 0.2) is 0 Å². The van der Waals surface area contributed by atoms with Crippen LogP contribution >= 0.6 is 27.5 Å². The Morgan fingerprint density at radius 1 is 1.30 bits per heavy atom. The fraction of sp³-hybridized carbons (Fsp3) is 0.143. The van der Waals surface area contributed by atoms with Crippen LogP contribution in [0.2, 0.25) is 5.02 Å². The van der Waals surface area contributed by atoms with Gasteiger partial charge in [-0.15, -0.1) is 0 Å². The Bertz CT molecular complexity index is 621. The molecule has 0 amide bonds. The van der Waals surface area contributed by atoms with E-state index in [4.69, 9.17) is 23.2 Å². The van der Waals surface area contributed by atoms with Crippen molar-refractivity contribution in [3.63, 3.8) is 0 Å². The number of hydrogen-bond donors (Lipinski definition) is 3. The van der Waals surface area contributed by atoms with Crippen LogP contribution in [0.4, 0.5) is 10.1 Å². The average molecular weight is 359 g/mol. The molecule has 1 unspecified atom stereocenters. The normalized spacial score (nSPS) is 12.4. The van der Waals surface area contributed by atoms with Crippen LogP contribution < -0.4 is 17.0 Å². The monoisotopic (exact) mass is 357 g/mol. The maximum absolute atomic E-state index is 13.5. The molecule has 0 bridgehead atoms. The summed E-state index contributed by atoms with van der Waals surface area (Å²) in [7, 11) is 0. The van der Waals surface area contributed by atoms with Gasteiger partial charge in [-0.3, -0.25) is 11.3 Å². The summed E-state index contributed by atoms with van der Waals surface area (Å²) in [6.07, 6.45) is 0.438. The third-order valence-corrected chi connectivity index (χ3v) is 4.00. The van der Waals surface area contributed by atoms with Gasteiger partial charge in [0.25, 0.3) is 0 Å². The predicted molar refractivity (Wildman–Crippen MR) is 83.7 cm³/mol. The van der Waals surface area contributed by atoms with Crippen molar-refractivity contribution in [1.29, 1.82) is 0 Å². The molecule has 0 aliphatic carbocycles. The van der Waals surface area contributed by atoms with Crippen LogP contribution in [0.5, 0.6) is 0 Å². The lowest BCUT2D eigenvalue weighted by Gasteiger charge is -2.19. The van der Waals surface area contributed by atoms with E-state index in [-0.39, 0.29) is 11.1 Å². The molecule has 20 heavy (non-hydrogen) atoms. The molecule has 0 radical (unpaired) electrons. The first kappa shape index (κ1) is 15.3. The number of hydrogen-bond acceptors (Lipinski definition) is 3. The van der Waals surface area contributed by atoms with Crippen LogP contribution in [0.15, 0.2) is 40.9 Å². The Labute approximate surface area is 130 Å². The molecule has 5 N–H and O–H groups in total. The van der Waals surface area contributed by atoms with Crippen molar-refractivity contribution >= 4 is 33.2 Å². The highest BCUT2D eigenvalue weighted by Gasteiger charge is 2.16. The second kappa shape index (κ2) is 6.54. The summed E-state index contributed by atoms with van der Waals surface area (Å²) in [6.45, 7) is 0. The van der Waals surface area contributed by atoms with Crippen molar-refractivity contribution in [2.24, 2.45) is 5.84 Å².